The summed E-state index contributed by atoms with van der Waals surface area (Å²) in [6.07, 6.45) is 4.62. The number of likely N-dealkylation sites (tertiary alicyclic amines) is 1. The van der Waals surface area contributed by atoms with Crippen molar-refractivity contribution < 1.29 is 0 Å². The molecule has 2 rings (SSSR count). The Morgan fingerprint density at radius 1 is 1.29 bits per heavy atom. The van der Waals surface area contributed by atoms with Gasteiger partial charge in [0.2, 0.25) is 0 Å². The van der Waals surface area contributed by atoms with Crippen molar-refractivity contribution in [3.05, 3.63) is 34.9 Å². The monoisotopic (exact) mass is 252 g/mol. The molecule has 0 unspecified atom stereocenters. The molecule has 1 aliphatic heterocycles. The lowest BCUT2D eigenvalue weighted by Crippen LogP contribution is -2.40. The Morgan fingerprint density at radius 3 is 2.76 bits per heavy atom. The van der Waals surface area contributed by atoms with Crippen LogP contribution in [0.4, 0.5) is 0 Å². The molecular formula is C14H21ClN2. The van der Waals surface area contributed by atoms with E-state index < -0.39 is 0 Å². The fraction of sp³-hybridized carbons (Fsp3) is 0.571. The number of aryl methyl sites for hydroxylation is 1. The van der Waals surface area contributed by atoms with Gasteiger partial charge in [0.05, 0.1) is 0 Å². The molecule has 3 heteroatoms. The van der Waals surface area contributed by atoms with Gasteiger partial charge in [-0.3, -0.25) is 0 Å². The molecular weight excluding hydrogens is 232 g/mol. The van der Waals surface area contributed by atoms with Crippen LogP contribution in [0.25, 0.3) is 0 Å². The number of benzene rings is 1. The lowest BCUT2D eigenvalue weighted by atomic mass is 10.1. The summed E-state index contributed by atoms with van der Waals surface area (Å²) in [4.78, 5) is 2.52. The SMILES string of the molecule is NC1CCN(CCCc2cccc(Cl)c2)CC1. The van der Waals surface area contributed by atoms with Gasteiger partial charge in [-0.25, -0.2) is 0 Å². The van der Waals surface area contributed by atoms with Crippen LogP contribution >= 0.6 is 11.6 Å². The van der Waals surface area contributed by atoms with Crippen molar-refractivity contribution in [2.24, 2.45) is 5.73 Å². The van der Waals surface area contributed by atoms with Gasteiger partial charge in [0.25, 0.3) is 0 Å². The van der Waals surface area contributed by atoms with Crippen LogP contribution in [0.15, 0.2) is 24.3 Å². The van der Waals surface area contributed by atoms with E-state index in [-0.39, 0.29) is 0 Å². The minimum Gasteiger partial charge on any atom is -0.328 e. The van der Waals surface area contributed by atoms with Crippen molar-refractivity contribution in [1.82, 2.24) is 4.90 Å². The minimum absolute atomic E-state index is 0.430. The van der Waals surface area contributed by atoms with Crippen molar-refractivity contribution in [3.63, 3.8) is 0 Å². The van der Waals surface area contributed by atoms with Gasteiger partial charge >= 0.3 is 0 Å². The third kappa shape index (κ3) is 4.30. The number of hydrogen-bond donors (Lipinski definition) is 1. The molecule has 0 aromatic heterocycles. The van der Waals surface area contributed by atoms with Crippen LogP contribution in [0.1, 0.15) is 24.8 Å². The number of rotatable bonds is 4. The Hall–Kier alpha value is -0.570. The molecule has 0 spiro atoms. The lowest BCUT2D eigenvalue weighted by Gasteiger charge is -2.29. The lowest BCUT2D eigenvalue weighted by molar-refractivity contribution is 0.211. The number of nitrogens with two attached hydrogens (primary N) is 1. The van der Waals surface area contributed by atoms with Crippen molar-refractivity contribution in [3.8, 4) is 0 Å². The first-order valence-corrected chi connectivity index (χ1v) is 6.84. The zero-order valence-corrected chi connectivity index (χ0v) is 11.0. The molecule has 17 heavy (non-hydrogen) atoms. The zero-order valence-electron chi connectivity index (χ0n) is 10.2. The summed E-state index contributed by atoms with van der Waals surface area (Å²) >= 11 is 5.96. The van der Waals surface area contributed by atoms with E-state index in [1.807, 2.05) is 12.1 Å². The first-order valence-electron chi connectivity index (χ1n) is 6.46. The van der Waals surface area contributed by atoms with E-state index in [0.29, 0.717) is 6.04 Å². The maximum Gasteiger partial charge on any atom is 0.0408 e. The molecule has 1 aromatic carbocycles. The summed E-state index contributed by atoms with van der Waals surface area (Å²) < 4.78 is 0. The van der Waals surface area contributed by atoms with Crippen molar-refractivity contribution >= 4 is 11.6 Å². The molecule has 0 atom stereocenters. The van der Waals surface area contributed by atoms with Crippen LogP contribution in [0.3, 0.4) is 0 Å². The Balaban J connectivity index is 1.69. The van der Waals surface area contributed by atoms with Crippen LogP contribution in [-0.4, -0.2) is 30.6 Å². The van der Waals surface area contributed by atoms with E-state index in [2.05, 4.69) is 17.0 Å². The molecule has 2 nitrogen and oxygen atoms in total. The second-order valence-corrected chi connectivity index (χ2v) is 5.35. The van der Waals surface area contributed by atoms with Crippen LogP contribution in [-0.2, 0) is 6.42 Å². The maximum absolute atomic E-state index is 5.96. The normalized spacial score (nSPS) is 18.5. The Labute approximate surface area is 109 Å². The standard InChI is InChI=1S/C14H21ClN2/c15-13-5-1-3-12(11-13)4-2-8-17-9-6-14(16)7-10-17/h1,3,5,11,14H,2,4,6-10,16H2. The number of hydrogen-bond acceptors (Lipinski definition) is 2. The Bertz CT molecular complexity index is 346. The van der Waals surface area contributed by atoms with Gasteiger partial charge in [0.15, 0.2) is 0 Å². The van der Waals surface area contributed by atoms with Crippen LogP contribution in [0, 0.1) is 0 Å². The second kappa shape index (κ2) is 6.39. The van der Waals surface area contributed by atoms with Crippen molar-refractivity contribution in [2.75, 3.05) is 19.6 Å². The second-order valence-electron chi connectivity index (χ2n) is 4.91. The van der Waals surface area contributed by atoms with Gasteiger partial charge in [-0.1, -0.05) is 23.7 Å². The molecule has 0 saturated carbocycles. The summed E-state index contributed by atoms with van der Waals surface area (Å²) in [6, 6.07) is 8.60. The summed E-state index contributed by atoms with van der Waals surface area (Å²) in [6.45, 7) is 3.51. The highest BCUT2D eigenvalue weighted by atomic mass is 35.5. The fourth-order valence-electron chi connectivity index (χ4n) is 2.38. The highest BCUT2D eigenvalue weighted by Crippen LogP contribution is 2.13. The number of piperidine rings is 1. The first kappa shape index (κ1) is 12.9. The van der Waals surface area contributed by atoms with Gasteiger partial charge in [-0.2, -0.15) is 0 Å². The van der Waals surface area contributed by atoms with Crippen LogP contribution < -0.4 is 5.73 Å². The van der Waals surface area contributed by atoms with E-state index in [9.17, 15) is 0 Å². The number of halogens is 1. The molecule has 1 fully saturated rings. The molecule has 2 N–H and O–H groups in total. The van der Waals surface area contributed by atoms with Gasteiger partial charge in [0.1, 0.15) is 0 Å². The summed E-state index contributed by atoms with van der Waals surface area (Å²) in [5.74, 6) is 0. The molecule has 1 saturated heterocycles. The zero-order chi connectivity index (χ0) is 12.1. The molecule has 0 bridgehead atoms. The van der Waals surface area contributed by atoms with Crippen LogP contribution in [0.2, 0.25) is 5.02 Å². The van der Waals surface area contributed by atoms with Gasteiger partial charge in [-0.05, 0) is 63.0 Å². The average molecular weight is 253 g/mol. The summed E-state index contributed by atoms with van der Waals surface area (Å²) in [5.41, 5.74) is 7.23. The smallest absolute Gasteiger partial charge is 0.0408 e. The predicted octanol–water partition coefficient (Wildman–Crippen LogP) is 2.70. The van der Waals surface area contributed by atoms with Crippen molar-refractivity contribution in [2.45, 2.75) is 31.7 Å². The molecule has 1 aromatic rings. The summed E-state index contributed by atoms with van der Waals surface area (Å²) in [5, 5.41) is 0.839. The highest BCUT2D eigenvalue weighted by Gasteiger charge is 2.14. The summed E-state index contributed by atoms with van der Waals surface area (Å²) in [7, 11) is 0. The van der Waals surface area contributed by atoms with E-state index in [1.54, 1.807) is 0 Å². The van der Waals surface area contributed by atoms with Gasteiger partial charge in [0, 0.05) is 11.1 Å². The predicted molar refractivity (Wildman–Crippen MR) is 73.4 cm³/mol. The number of nitrogens with zero attached hydrogens (tertiary/aromatic N) is 1. The third-order valence-corrected chi connectivity index (χ3v) is 3.70. The van der Waals surface area contributed by atoms with E-state index in [1.165, 1.54) is 18.5 Å². The van der Waals surface area contributed by atoms with E-state index in [4.69, 9.17) is 17.3 Å². The Morgan fingerprint density at radius 2 is 2.06 bits per heavy atom. The first-order chi connectivity index (χ1) is 8.24. The van der Waals surface area contributed by atoms with Gasteiger partial charge in [-0.15, -0.1) is 0 Å². The van der Waals surface area contributed by atoms with Crippen molar-refractivity contribution in [1.29, 1.82) is 0 Å². The largest absolute Gasteiger partial charge is 0.328 e. The molecule has 0 radical (unpaired) electrons. The third-order valence-electron chi connectivity index (χ3n) is 3.46. The average Bonchev–Trinajstić information content (AvgIpc) is 2.32. The molecule has 0 aliphatic carbocycles. The van der Waals surface area contributed by atoms with E-state index in [0.717, 1.165) is 37.4 Å². The highest BCUT2D eigenvalue weighted by molar-refractivity contribution is 6.30. The van der Waals surface area contributed by atoms with Gasteiger partial charge < -0.3 is 10.6 Å². The quantitative estimate of drug-likeness (QED) is 0.893. The van der Waals surface area contributed by atoms with Crippen LogP contribution in [0.5, 0.6) is 0 Å². The molecule has 0 amide bonds. The molecule has 1 aliphatic rings. The Kier molecular flexibility index (Phi) is 4.84. The topological polar surface area (TPSA) is 29.3 Å². The minimum atomic E-state index is 0.430. The molecule has 94 valence electrons. The molecule has 1 heterocycles. The van der Waals surface area contributed by atoms with E-state index >= 15 is 0 Å². The maximum atomic E-state index is 5.96. The fourth-order valence-corrected chi connectivity index (χ4v) is 2.59.